The lowest BCUT2D eigenvalue weighted by Gasteiger charge is -2.40. The van der Waals surface area contributed by atoms with Crippen molar-refractivity contribution in [3.63, 3.8) is 0 Å². The predicted octanol–water partition coefficient (Wildman–Crippen LogP) is 3.85. The van der Waals surface area contributed by atoms with E-state index in [2.05, 4.69) is 39.9 Å². The van der Waals surface area contributed by atoms with Crippen LogP contribution in [0.15, 0.2) is 0 Å². The quantitative estimate of drug-likeness (QED) is 0.778. The van der Waals surface area contributed by atoms with Gasteiger partial charge in [0.2, 0.25) is 0 Å². The molecule has 1 rings (SSSR count). The first kappa shape index (κ1) is 16.0. The van der Waals surface area contributed by atoms with Crippen LogP contribution in [0.3, 0.4) is 0 Å². The highest BCUT2D eigenvalue weighted by atomic mass is 16.5. The molecule has 2 heteroatoms. The summed E-state index contributed by atoms with van der Waals surface area (Å²) in [7, 11) is 1.79. The number of ether oxygens (including phenoxy) is 1. The average Bonchev–Trinajstić information content (AvgIpc) is 2.21. The summed E-state index contributed by atoms with van der Waals surface area (Å²) < 4.78 is 5.19. The zero-order valence-electron chi connectivity index (χ0n) is 13.3. The van der Waals surface area contributed by atoms with Crippen LogP contribution >= 0.6 is 0 Å². The van der Waals surface area contributed by atoms with E-state index < -0.39 is 0 Å². The first-order valence-corrected chi connectivity index (χ1v) is 7.46. The Bertz CT molecular complexity index is 247. The summed E-state index contributed by atoms with van der Waals surface area (Å²) in [6, 6.07) is 0.700. The van der Waals surface area contributed by atoms with Crippen LogP contribution in [0.5, 0.6) is 0 Å². The molecule has 0 aromatic carbocycles. The lowest BCUT2D eigenvalue weighted by Crippen LogP contribution is -2.43. The maximum Gasteiger partial charge on any atom is 0.0467 e. The molecule has 108 valence electrons. The molecule has 18 heavy (non-hydrogen) atoms. The Hall–Kier alpha value is -0.0800. The van der Waals surface area contributed by atoms with E-state index in [1.165, 1.54) is 19.3 Å². The standard InChI is InChI=1S/C16H33NO/c1-13-9-14(11-16(4,5)10-13)17-12-15(2,3)7-8-18-6/h13-14,17H,7-12H2,1-6H3. The minimum Gasteiger partial charge on any atom is -0.385 e. The SMILES string of the molecule is COCCC(C)(C)CNC1CC(C)CC(C)(C)C1. The summed E-state index contributed by atoms with van der Waals surface area (Å²) in [6.07, 6.45) is 5.15. The van der Waals surface area contributed by atoms with Crippen molar-refractivity contribution < 1.29 is 4.74 Å². The van der Waals surface area contributed by atoms with Crippen molar-refractivity contribution in [2.24, 2.45) is 16.7 Å². The van der Waals surface area contributed by atoms with Gasteiger partial charge in [0.25, 0.3) is 0 Å². The monoisotopic (exact) mass is 255 g/mol. The van der Waals surface area contributed by atoms with Crippen molar-refractivity contribution in [2.45, 2.75) is 66.3 Å². The molecule has 0 heterocycles. The Morgan fingerprint density at radius 3 is 2.50 bits per heavy atom. The number of nitrogens with one attached hydrogen (secondary N) is 1. The number of rotatable bonds is 6. The van der Waals surface area contributed by atoms with Gasteiger partial charge in [-0.1, -0.05) is 34.6 Å². The summed E-state index contributed by atoms with van der Waals surface area (Å²) >= 11 is 0. The smallest absolute Gasteiger partial charge is 0.0467 e. The maximum absolute atomic E-state index is 5.19. The van der Waals surface area contributed by atoms with Gasteiger partial charge in [-0.25, -0.2) is 0 Å². The zero-order chi connectivity index (χ0) is 13.8. The summed E-state index contributed by atoms with van der Waals surface area (Å²) in [5, 5.41) is 3.80. The molecule has 0 bridgehead atoms. The van der Waals surface area contributed by atoms with Crippen LogP contribution < -0.4 is 5.32 Å². The molecule has 1 aliphatic carbocycles. The molecule has 0 spiro atoms. The molecule has 2 unspecified atom stereocenters. The van der Waals surface area contributed by atoms with Crippen molar-refractivity contribution in [1.82, 2.24) is 5.32 Å². The van der Waals surface area contributed by atoms with Crippen LogP contribution in [-0.2, 0) is 4.74 Å². The summed E-state index contributed by atoms with van der Waals surface area (Å²) in [6.45, 7) is 13.8. The lowest BCUT2D eigenvalue weighted by molar-refractivity contribution is 0.125. The third-order valence-corrected chi connectivity index (χ3v) is 4.24. The highest BCUT2D eigenvalue weighted by Gasteiger charge is 2.32. The highest BCUT2D eigenvalue weighted by molar-refractivity contribution is 4.87. The molecule has 1 fully saturated rings. The molecule has 2 nitrogen and oxygen atoms in total. The van der Waals surface area contributed by atoms with Gasteiger partial charge in [0.05, 0.1) is 0 Å². The van der Waals surface area contributed by atoms with Gasteiger partial charge >= 0.3 is 0 Å². The van der Waals surface area contributed by atoms with Crippen LogP contribution in [0.1, 0.15) is 60.3 Å². The fraction of sp³-hybridized carbons (Fsp3) is 1.00. The fourth-order valence-electron chi connectivity index (χ4n) is 3.39. The Kier molecular flexibility index (Phi) is 5.67. The summed E-state index contributed by atoms with van der Waals surface area (Å²) in [5.41, 5.74) is 0.840. The second-order valence-corrected chi connectivity index (χ2v) is 7.90. The molecule has 0 amide bonds. The molecule has 1 saturated carbocycles. The average molecular weight is 255 g/mol. The van der Waals surface area contributed by atoms with E-state index in [9.17, 15) is 0 Å². The van der Waals surface area contributed by atoms with Crippen LogP contribution in [0, 0.1) is 16.7 Å². The number of hydrogen-bond donors (Lipinski definition) is 1. The molecule has 0 aliphatic heterocycles. The van der Waals surface area contributed by atoms with E-state index in [1.807, 2.05) is 0 Å². The van der Waals surface area contributed by atoms with Gasteiger partial charge in [-0.3, -0.25) is 0 Å². The first-order chi connectivity index (χ1) is 8.24. The lowest BCUT2D eigenvalue weighted by atomic mass is 9.70. The third-order valence-electron chi connectivity index (χ3n) is 4.24. The molecule has 1 N–H and O–H groups in total. The highest BCUT2D eigenvalue weighted by Crippen LogP contribution is 2.38. The Morgan fingerprint density at radius 1 is 1.28 bits per heavy atom. The molecular weight excluding hydrogens is 222 g/mol. The van der Waals surface area contributed by atoms with E-state index in [0.29, 0.717) is 16.9 Å². The van der Waals surface area contributed by atoms with E-state index in [4.69, 9.17) is 4.74 Å². The maximum atomic E-state index is 5.19. The van der Waals surface area contributed by atoms with Crippen molar-refractivity contribution in [1.29, 1.82) is 0 Å². The second-order valence-electron chi connectivity index (χ2n) is 7.90. The van der Waals surface area contributed by atoms with E-state index in [0.717, 1.165) is 25.5 Å². The van der Waals surface area contributed by atoms with E-state index in [1.54, 1.807) is 7.11 Å². The van der Waals surface area contributed by atoms with Gasteiger partial charge in [0, 0.05) is 26.3 Å². The van der Waals surface area contributed by atoms with Gasteiger partial charge in [-0.15, -0.1) is 0 Å². The van der Waals surface area contributed by atoms with Crippen molar-refractivity contribution in [3.8, 4) is 0 Å². The van der Waals surface area contributed by atoms with Crippen LogP contribution in [0.4, 0.5) is 0 Å². The van der Waals surface area contributed by atoms with Crippen LogP contribution in [0.25, 0.3) is 0 Å². The predicted molar refractivity (Wildman–Crippen MR) is 78.9 cm³/mol. The molecule has 0 aromatic heterocycles. The molecular formula is C16H33NO. The summed E-state index contributed by atoms with van der Waals surface area (Å²) in [5.74, 6) is 0.855. The number of methoxy groups -OCH3 is 1. The Balaban J connectivity index is 2.38. The van der Waals surface area contributed by atoms with Gasteiger partial charge in [0.15, 0.2) is 0 Å². The van der Waals surface area contributed by atoms with Gasteiger partial charge in [-0.2, -0.15) is 0 Å². The van der Waals surface area contributed by atoms with Gasteiger partial charge < -0.3 is 10.1 Å². The fourth-order valence-corrected chi connectivity index (χ4v) is 3.39. The molecule has 0 aromatic rings. The minimum atomic E-state index is 0.334. The third kappa shape index (κ3) is 5.71. The van der Waals surface area contributed by atoms with E-state index in [-0.39, 0.29) is 0 Å². The van der Waals surface area contributed by atoms with Crippen LogP contribution in [0.2, 0.25) is 0 Å². The van der Waals surface area contributed by atoms with Crippen molar-refractivity contribution >= 4 is 0 Å². The van der Waals surface area contributed by atoms with Gasteiger partial charge in [-0.05, 0) is 42.4 Å². The summed E-state index contributed by atoms with van der Waals surface area (Å²) in [4.78, 5) is 0. The normalized spacial score (nSPS) is 28.3. The molecule has 0 radical (unpaired) electrons. The molecule has 1 aliphatic rings. The topological polar surface area (TPSA) is 21.3 Å². The van der Waals surface area contributed by atoms with E-state index >= 15 is 0 Å². The Morgan fingerprint density at radius 2 is 1.94 bits per heavy atom. The van der Waals surface area contributed by atoms with Crippen molar-refractivity contribution in [2.75, 3.05) is 20.3 Å². The van der Waals surface area contributed by atoms with Crippen LogP contribution in [-0.4, -0.2) is 26.3 Å². The van der Waals surface area contributed by atoms with Gasteiger partial charge in [0.1, 0.15) is 0 Å². The largest absolute Gasteiger partial charge is 0.385 e. The molecule has 0 saturated heterocycles. The first-order valence-electron chi connectivity index (χ1n) is 7.46. The molecule has 2 atom stereocenters. The van der Waals surface area contributed by atoms with Crippen molar-refractivity contribution in [3.05, 3.63) is 0 Å². The minimum absolute atomic E-state index is 0.334. The Labute approximate surface area is 114 Å². The zero-order valence-corrected chi connectivity index (χ0v) is 13.3. The second kappa shape index (κ2) is 6.38. The number of hydrogen-bond acceptors (Lipinski definition) is 2.